The molecule has 0 aromatic rings. The molecule has 0 atom stereocenters. The molecule has 0 radical (unpaired) electrons. The maximum absolute atomic E-state index is 11.8. The summed E-state index contributed by atoms with van der Waals surface area (Å²) in [5.74, 6) is 0.198. The summed E-state index contributed by atoms with van der Waals surface area (Å²) >= 11 is 0. The maximum atomic E-state index is 11.8. The monoisotopic (exact) mass is 268 g/mol. The van der Waals surface area contributed by atoms with Crippen molar-refractivity contribution in [1.29, 1.82) is 0 Å². The number of hydrogen-bond donors (Lipinski definition) is 1. The van der Waals surface area contributed by atoms with Crippen LogP contribution in [0.2, 0.25) is 0 Å². The number of nitrogens with one attached hydrogen (secondary N) is 1. The van der Waals surface area contributed by atoms with Crippen molar-refractivity contribution in [2.24, 2.45) is 0 Å². The summed E-state index contributed by atoms with van der Waals surface area (Å²) in [6, 6.07) is 0.629. The van der Waals surface area contributed by atoms with Gasteiger partial charge in [-0.2, -0.15) is 0 Å². The zero-order valence-corrected chi connectivity index (χ0v) is 12.9. The highest BCUT2D eigenvalue weighted by Gasteiger charge is 2.19. The van der Waals surface area contributed by atoms with Gasteiger partial charge in [-0.05, 0) is 26.3 Å². The molecule has 0 aliphatic heterocycles. The molecule has 0 heterocycles. The molecule has 1 rings (SSSR count). The third kappa shape index (κ3) is 7.56. The lowest BCUT2D eigenvalue weighted by Gasteiger charge is -2.30. The molecule has 19 heavy (non-hydrogen) atoms. The molecule has 1 N–H and O–H groups in total. The number of amides is 1. The van der Waals surface area contributed by atoms with E-state index in [-0.39, 0.29) is 5.91 Å². The smallest absolute Gasteiger partial charge is 0.234 e. The Morgan fingerprint density at radius 1 is 1.11 bits per heavy atom. The molecule has 1 aliphatic rings. The molecule has 1 fully saturated rings. The van der Waals surface area contributed by atoms with Crippen molar-refractivity contribution in [1.82, 2.24) is 10.2 Å². The fraction of sp³-hybridized carbons (Fsp3) is 0.938. The van der Waals surface area contributed by atoms with Gasteiger partial charge in [0.15, 0.2) is 0 Å². The molecule has 0 saturated heterocycles. The molecule has 3 nitrogen and oxygen atoms in total. The average Bonchev–Trinajstić information content (AvgIpc) is 2.43. The molecule has 1 amide bonds. The summed E-state index contributed by atoms with van der Waals surface area (Å²) in [7, 11) is 2.09. The van der Waals surface area contributed by atoms with Gasteiger partial charge in [-0.25, -0.2) is 0 Å². The SMILES string of the molecule is CCCCCCCNC(=O)CN(C)C1CCCCC1. The van der Waals surface area contributed by atoms with Crippen molar-refractivity contribution < 1.29 is 4.79 Å². The van der Waals surface area contributed by atoms with E-state index >= 15 is 0 Å². The van der Waals surface area contributed by atoms with Gasteiger partial charge < -0.3 is 5.32 Å². The quantitative estimate of drug-likeness (QED) is 0.651. The van der Waals surface area contributed by atoms with E-state index in [0.29, 0.717) is 12.6 Å². The Morgan fingerprint density at radius 3 is 2.47 bits per heavy atom. The van der Waals surface area contributed by atoms with E-state index in [1.54, 1.807) is 0 Å². The normalized spacial score (nSPS) is 16.8. The van der Waals surface area contributed by atoms with Crippen LogP contribution >= 0.6 is 0 Å². The first-order chi connectivity index (χ1) is 9.24. The fourth-order valence-corrected chi connectivity index (χ4v) is 2.89. The highest BCUT2D eigenvalue weighted by atomic mass is 16.2. The van der Waals surface area contributed by atoms with Crippen molar-refractivity contribution in [3.05, 3.63) is 0 Å². The van der Waals surface area contributed by atoms with Gasteiger partial charge in [0, 0.05) is 12.6 Å². The largest absolute Gasteiger partial charge is 0.355 e. The molecule has 0 bridgehead atoms. The number of nitrogens with zero attached hydrogens (tertiary/aromatic N) is 1. The molecule has 0 spiro atoms. The van der Waals surface area contributed by atoms with Crippen LogP contribution in [-0.4, -0.2) is 37.0 Å². The van der Waals surface area contributed by atoms with Crippen LogP contribution in [0, 0.1) is 0 Å². The lowest BCUT2D eigenvalue weighted by atomic mass is 9.94. The predicted octanol–water partition coefficient (Wildman–Crippen LogP) is 3.34. The first-order valence-electron chi connectivity index (χ1n) is 8.21. The first kappa shape index (κ1) is 16.5. The molecule has 0 aromatic heterocycles. The number of likely N-dealkylation sites (N-methyl/N-ethyl adjacent to an activating group) is 1. The van der Waals surface area contributed by atoms with Gasteiger partial charge in [-0.15, -0.1) is 0 Å². The molecular formula is C16H32N2O. The van der Waals surface area contributed by atoms with Gasteiger partial charge in [-0.1, -0.05) is 51.9 Å². The highest BCUT2D eigenvalue weighted by Crippen LogP contribution is 2.21. The van der Waals surface area contributed by atoms with Crippen LogP contribution in [0.3, 0.4) is 0 Å². The second-order valence-corrected chi connectivity index (χ2v) is 5.97. The zero-order valence-electron chi connectivity index (χ0n) is 12.9. The van der Waals surface area contributed by atoms with Crippen LogP contribution in [0.1, 0.15) is 71.1 Å². The standard InChI is InChI=1S/C16H32N2O/c1-3-4-5-6-10-13-17-16(19)14-18(2)15-11-8-7-9-12-15/h15H,3-14H2,1-2H3,(H,17,19). The summed E-state index contributed by atoms with van der Waals surface area (Å²) in [4.78, 5) is 14.1. The second kappa shape index (κ2) is 10.2. The van der Waals surface area contributed by atoms with Crippen molar-refractivity contribution in [3.8, 4) is 0 Å². The lowest BCUT2D eigenvalue weighted by Crippen LogP contribution is -2.41. The average molecular weight is 268 g/mol. The van der Waals surface area contributed by atoms with Crippen molar-refractivity contribution in [2.45, 2.75) is 77.2 Å². The van der Waals surface area contributed by atoms with E-state index in [1.165, 1.54) is 57.8 Å². The minimum absolute atomic E-state index is 0.198. The van der Waals surface area contributed by atoms with Gasteiger partial charge in [-0.3, -0.25) is 9.69 Å². The zero-order chi connectivity index (χ0) is 13.9. The molecular weight excluding hydrogens is 236 g/mol. The van der Waals surface area contributed by atoms with E-state index in [2.05, 4.69) is 24.2 Å². The van der Waals surface area contributed by atoms with Crippen LogP contribution in [0.25, 0.3) is 0 Å². The van der Waals surface area contributed by atoms with Crippen molar-refractivity contribution >= 4 is 5.91 Å². The van der Waals surface area contributed by atoms with E-state index in [0.717, 1.165) is 13.0 Å². The van der Waals surface area contributed by atoms with E-state index in [9.17, 15) is 4.79 Å². The van der Waals surface area contributed by atoms with E-state index < -0.39 is 0 Å². The second-order valence-electron chi connectivity index (χ2n) is 5.97. The summed E-state index contributed by atoms with van der Waals surface area (Å²) in [5.41, 5.74) is 0. The molecule has 0 unspecified atom stereocenters. The van der Waals surface area contributed by atoms with Crippen LogP contribution in [0.4, 0.5) is 0 Å². The number of unbranched alkanes of at least 4 members (excludes halogenated alkanes) is 4. The molecule has 1 aliphatic carbocycles. The summed E-state index contributed by atoms with van der Waals surface area (Å²) in [5, 5.41) is 3.05. The lowest BCUT2D eigenvalue weighted by molar-refractivity contribution is -0.122. The van der Waals surface area contributed by atoms with Gasteiger partial charge in [0.2, 0.25) is 5.91 Å². The van der Waals surface area contributed by atoms with Gasteiger partial charge in [0.25, 0.3) is 0 Å². The Balaban J connectivity index is 2.02. The number of hydrogen-bond acceptors (Lipinski definition) is 2. The summed E-state index contributed by atoms with van der Waals surface area (Å²) in [6.45, 7) is 3.64. The maximum Gasteiger partial charge on any atom is 0.234 e. The van der Waals surface area contributed by atoms with Crippen LogP contribution in [0.15, 0.2) is 0 Å². The minimum atomic E-state index is 0.198. The fourth-order valence-electron chi connectivity index (χ4n) is 2.89. The Hall–Kier alpha value is -0.570. The van der Waals surface area contributed by atoms with Crippen molar-refractivity contribution in [2.75, 3.05) is 20.1 Å². The van der Waals surface area contributed by atoms with Crippen LogP contribution < -0.4 is 5.32 Å². The molecule has 1 saturated carbocycles. The predicted molar refractivity (Wildman–Crippen MR) is 81.3 cm³/mol. The Kier molecular flexibility index (Phi) is 8.89. The van der Waals surface area contributed by atoms with E-state index in [4.69, 9.17) is 0 Å². The minimum Gasteiger partial charge on any atom is -0.355 e. The molecule has 3 heteroatoms. The third-order valence-corrected chi connectivity index (χ3v) is 4.19. The molecule has 0 aromatic carbocycles. The topological polar surface area (TPSA) is 32.3 Å². The Morgan fingerprint density at radius 2 is 1.79 bits per heavy atom. The van der Waals surface area contributed by atoms with Crippen LogP contribution in [-0.2, 0) is 4.79 Å². The Bertz CT molecular complexity index is 237. The van der Waals surface area contributed by atoms with Crippen molar-refractivity contribution in [3.63, 3.8) is 0 Å². The highest BCUT2D eigenvalue weighted by molar-refractivity contribution is 5.77. The van der Waals surface area contributed by atoms with E-state index in [1.807, 2.05) is 0 Å². The Labute approximate surface area is 119 Å². The van der Waals surface area contributed by atoms with Gasteiger partial charge in [0.05, 0.1) is 6.54 Å². The number of rotatable bonds is 9. The molecule has 112 valence electrons. The number of carbonyl (C=O) groups excluding carboxylic acids is 1. The third-order valence-electron chi connectivity index (χ3n) is 4.19. The first-order valence-corrected chi connectivity index (χ1v) is 8.21. The van der Waals surface area contributed by atoms with Gasteiger partial charge >= 0.3 is 0 Å². The number of carbonyl (C=O) groups is 1. The van der Waals surface area contributed by atoms with Gasteiger partial charge in [0.1, 0.15) is 0 Å². The summed E-state index contributed by atoms with van der Waals surface area (Å²) in [6.07, 6.45) is 12.8. The summed E-state index contributed by atoms with van der Waals surface area (Å²) < 4.78 is 0. The van der Waals surface area contributed by atoms with Crippen LogP contribution in [0.5, 0.6) is 0 Å².